The first-order valence-electron chi connectivity index (χ1n) is 6.01. The molecular weight excluding hydrogens is 331 g/mol. The zero-order valence-electron chi connectivity index (χ0n) is 11.3. The van der Waals surface area contributed by atoms with E-state index in [4.69, 9.17) is 27.9 Å². The van der Waals surface area contributed by atoms with Crippen LogP contribution in [0.5, 0.6) is 5.75 Å². The summed E-state index contributed by atoms with van der Waals surface area (Å²) >= 11 is 11.8. The average Bonchev–Trinajstić information content (AvgIpc) is 2.50. The third-order valence-electron chi connectivity index (χ3n) is 2.82. The molecule has 114 valence electrons. The van der Waals surface area contributed by atoms with Gasteiger partial charge in [-0.1, -0.05) is 23.2 Å². The molecule has 1 amide bonds. The predicted molar refractivity (Wildman–Crippen MR) is 84.1 cm³/mol. The molecule has 0 aromatic heterocycles. The number of methoxy groups -OCH3 is 1. The minimum Gasteiger partial charge on any atom is -0.497 e. The second kappa shape index (κ2) is 6.64. The van der Waals surface area contributed by atoms with Crippen LogP contribution in [0.3, 0.4) is 0 Å². The highest BCUT2D eigenvalue weighted by molar-refractivity contribution is 6.36. The minimum atomic E-state index is -0.685. The number of ether oxygens (including phenoxy) is 1. The molecule has 0 fully saturated rings. The smallest absolute Gasteiger partial charge is 0.282 e. The van der Waals surface area contributed by atoms with E-state index in [0.717, 1.165) is 0 Å². The molecular formula is C14H10Cl2N2O4. The molecule has 0 heterocycles. The van der Waals surface area contributed by atoms with Gasteiger partial charge in [0.2, 0.25) is 0 Å². The lowest BCUT2D eigenvalue weighted by Crippen LogP contribution is -2.14. The minimum absolute atomic E-state index is 0.139. The Morgan fingerprint density at radius 1 is 1.23 bits per heavy atom. The van der Waals surface area contributed by atoms with Gasteiger partial charge in [-0.15, -0.1) is 0 Å². The number of hydrogen-bond acceptors (Lipinski definition) is 4. The second-order valence-electron chi connectivity index (χ2n) is 4.22. The predicted octanol–water partition coefficient (Wildman–Crippen LogP) is 4.16. The van der Waals surface area contributed by atoms with Crippen molar-refractivity contribution in [2.45, 2.75) is 0 Å². The Labute approximate surface area is 135 Å². The Morgan fingerprint density at radius 3 is 2.59 bits per heavy atom. The van der Waals surface area contributed by atoms with E-state index in [2.05, 4.69) is 5.32 Å². The Morgan fingerprint density at radius 2 is 1.95 bits per heavy atom. The maximum Gasteiger partial charge on any atom is 0.282 e. The molecule has 0 aliphatic carbocycles. The van der Waals surface area contributed by atoms with Gasteiger partial charge in [-0.2, -0.15) is 0 Å². The second-order valence-corrected chi connectivity index (χ2v) is 5.06. The highest BCUT2D eigenvalue weighted by Gasteiger charge is 2.21. The van der Waals surface area contributed by atoms with Crippen molar-refractivity contribution < 1.29 is 14.5 Å². The van der Waals surface area contributed by atoms with Crippen LogP contribution in [0.15, 0.2) is 36.4 Å². The number of halogens is 2. The molecule has 0 unspecified atom stereocenters. The van der Waals surface area contributed by atoms with Gasteiger partial charge in [0.25, 0.3) is 11.6 Å². The summed E-state index contributed by atoms with van der Waals surface area (Å²) in [5, 5.41) is 14.2. The number of amides is 1. The molecule has 2 rings (SSSR count). The van der Waals surface area contributed by atoms with Crippen molar-refractivity contribution in [1.82, 2.24) is 0 Å². The Hall–Kier alpha value is -2.31. The molecule has 0 aliphatic heterocycles. The van der Waals surface area contributed by atoms with E-state index in [1.165, 1.54) is 37.4 Å². The van der Waals surface area contributed by atoms with Crippen LogP contribution >= 0.6 is 23.2 Å². The lowest BCUT2D eigenvalue weighted by atomic mass is 10.1. The molecule has 8 heteroatoms. The van der Waals surface area contributed by atoms with Crippen molar-refractivity contribution in [1.29, 1.82) is 0 Å². The standard InChI is InChI=1S/C14H10Cl2N2O4/c1-22-9-3-5-13(18(20)21)10(7-9)14(19)17-12-6-8(15)2-4-11(12)16/h2-7H,1H3,(H,17,19). The molecule has 2 aromatic carbocycles. The monoisotopic (exact) mass is 340 g/mol. The normalized spacial score (nSPS) is 10.1. The number of anilines is 1. The van der Waals surface area contributed by atoms with E-state index in [1.807, 2.05) is 0 Å². The Kier molecular flexibility index (Phi) is 4.85. The fraction of sp³-hybridized carbons (Fsp3) is 0.0714. The molecule has 0 saturated heterocycles. The van der Waals surface area contributed by atoms with E-state index in [-0.39, 0.29) is 22.0 Å². The molecule has 0 radical (unpaired) electrons. The molecule has 0 saturated carbocycles. The number of nitro groups is 1. The summed E-state index contributed by atoms with van der Waals surface area (Å²) in [4.78, 5) is 22.7. The number of nitrogens with zero attached hydrogens (tertiary/aromatic N) is 1. The van der Waals surface area contributed by atoms with Crippen LogP contribution in [-0.2, 0) is 0 Å². The van der Waals surface area contributed by atoms with Gasteiger partial charge in [-0.3, -0.25) is 14.9 Å². The summed E-state index contributed by atoms with van der Waals surface area (Å²) in [5.41, 5.74) is -0.215. The van der Waals surface area contributed by atoms with Crippen molar-refractivity contribution >= 4 is 40.5 Å². The first-order valence-corrected chi connectivity index (χ1v) is 6.77. The number of nitrogens with one attached hydrogen (secondary N) is 1. The van der Waals surface area contributed by atoms with E-state index in [1.54, 1.807) is 6.07 Å². The van der Waals surface area contributed by atoms with Gasteiger partial charge in [0.15, 0.2) is 0 Å². The summed E-state index contributed by atoms with van der Waals surface area (Å²) in [6.45, 7) is 0. The lowest BCUT2D eigenvalue weighted by molar-refractivity contribution is -0.385. The zero-order chi connectivity index (χ0) is 16.3. The van der Waals surface area contributed by atoms with E-state index < -0.39 is 10.8 Å². The number of nitro benzene ring substituents is 1. The molecule has 1 N–H and O–H groups in total. The van der Waals surface area contributed by atoms with Gasteiger partial charge in [0, 0.05) is 11.1 Å². The van der Waals surface area contributed by atoms with Gasteiger partial charge >= 0.3 is 0 Å². The molecule has 0 spiro atoms. The van der Waals surface area contributed by atoms with Crippen molar-refractivity contribution in [2.24, 2.45) is 0 Å². The first kappa shape index (κ1) is 16.1. The molecule has 22 heavy (non-hydrogen) atoms. The van der Waals surface area contributed by atoms with Gasteiger partial charge in [-0.05, 0) is 30.3 Å². The van der Waals surface area contributed by atoms with Gasteiger partial charge in [-0.25, -0.2) is 0 Å². The number of rotatable bonds is 4. The van der Waals surface area contributed by atoms with Crippen molar-refractivity contribution in [3.63, 3.8) is 0 Å². The summed E-state index contributed by atoms with van der Waals surface area (Å²) in [6, 6.07) is 8.42. The van der Waals surface area contributed by atoms with Gasteiger partial charge in [0.05, 0.1) is 22.7 Å². The van der Waals surface area contributed by atoms with Crippen LogP contribution in [-0.4, -0.2) is 17.9 Å². The van der Waals surface area contributed by atoms with Crippen molar-refractivity contribution in [3.8, 4) is 5.75 Å². The van der Waals surface area contributed by atoms with Crippen LogP contribution in [0, 0.1) is 10.1 Å². The fourth-order valence-electron chi connectivity index (χ4n) is 1.77. The van der Waals surface area contributed by atoms with Gasteiger partial charge in [0.1, 0.15) is 11.3 Å². The summed E-state index contributed by atoms with van der Waals surface area (Å²) in [6.07, 6.45) is 0. The largest absolute Gasteiger partial charge is 0.497 e. The quantitative estimate of drug-likeness (QED) is 0.669. The highest BCUT2D eigenvalue weighted by Crippen LogP contribution is 2.28. The Bertz CT molecular complexity index is 750. The van der Waals surface area contributed by atoms with E-state index >= 15 is 0 Å². The van der Waals surface area contributed by atoms with Crippen LogP contribution in [0.1, 0.15) is 10.4 Å². The SMILES string of the molecule is COc1ccc([N+](=O)[O-])c(C(=O)Nc2cc(Cl)ccc2Cl)c1. The third-order valence-corrected chi connectivity index (χ3v) is 3.39. The van der Waals surface area contributed by atoms with Crippen LogP contribution in [0.25, 0.3) is 0 Å². The maximum atomic E-state index is 12.3. The van der Waals surface area contributed by atoms with E-state index in [0.29, 0.717) is 10.8 Å². The number of benzene rings is 2. The highest BCUT2D eigenvalue weighted by atomic mass is 35.5. The number of hydrogen-bond donors (Lipinski definition) is 1. The molecule has 6 nitrogen and oxygen atoms in total. The topological polar surface area (TPSA) is 81.5 Å². The molecule has 0 atom stereocenters. The van der Waals surface area contributed by atoms with Crippen LogP contribution < -0.4 is 10.1 Å². The number of carbonyl (C=O) groups excluding carboxylic acids is 1. The first-order chi connectivity index (χ1) is 10.4. The summed E-state index contributed by atoms with van der Waals surface area (Å²) < 4.78 is 4.98. The van der Waals surface area contributed by atoms with Crippen LogP contribution in [0.4, 0.5) is 11.4 Å². The summed E-state index contributed by atoms with van der Waals surface area (Å²) in [5.74, 6) is -0.359. The molecule has 0 bridgehead atoms. The summed E-state index contributed by atoms with van der Waals surface area (Å²) in [7, 11) is 1.40. The molecule has 2 aromatic rings. The lowest BCUT2D eigenvalue weighted by Gasteiger charge is -2.09. The van der Waals surface area contributed by atoms with Crippen molar-refractivity contribution in [3.05, 3.63) is 62.1 Å². The zero-order valence-corrected chi connectivity index (χ0v) is 12.8. The fourth-order valence-corrected chi connectivity index (χ4v) is 2.10. The van der Waals surface area contributed by atoms with Crippen LogP contribution in [0.2, 0.25) is 10.0 Å². The third kappa shape index (κ3) is 3.47. The molecule has 0 aliphatic rings. The number of carbonyl (C=O) groups is 1. The van der Waals surface area contributed by atoms with Gasteiger partial charge < -0.3 is 10.1 Å². The average molecular weight is 341 g/mol. The van der Waals surface area contributed by atoms with E-state index in [9.17, 15) is 14.9 Å². The Balaban J connectivity index is 2.40. The maximum absolute atomic E-state index is 12.3. The van der Waals surface area contributed by atoms with Crippen molar-refractivity contribution in [2.75, 3.05) is 12.4 Å².